The summed E-state index contributed by atoms with van der Waals surface area (Å²) in [7, 11) is 0. The Hall–Kier alpha value is -4.08. The van der Waals surface area contributed by atoms with Crippen molar-refractivity contribution in [1.29, 1.82) is 0 Å². The van der Waals surface area contributed by atoms with E-state index in [1.807, 2.05) is 12.1 Å². The highest BCUT2D eigenvalue weighted by Gasteiger charge is 2.57. The van der Waals surface area contributed by atoms with Crippen LogP contribution in [0.4, 0.5) is 13.2 Å². The van der Waals surface area contributed by atoms with Gasteiger partial charge in [0.25, 0.3) is 0 Å². The number of amides is 1. The molecule has 38 heavy (non-hydrogen) atoms. The number of fused-ring (bicyclic) bond motifs is 2. The molecule has 2 aliphatic heterocycles. The number of rotatable bonds is 6. The fourth-order valence-corrected chi connectivity index (χ4v) is 5.38. The molecule has 1 atom stereocenters. The van der Waals surface area contributed by atoms with E-state index in [1.165, 1.54) is 30.5 Å². The Morgan fingerprint density at radius 2 is 1.71 bits per heavy atom. The summed E-state index contributed by atoms with van der Waals surface area (Å²) in [4.78, 5) is 31.8. The maximum absolute atomic E-state index is 13.6. The molecule has 1 spiro atoms. The van der Waals surface area contributed by atoms with E-state index >= 15 is 0 Å². The van der Waals surface area contributed by atoms with Gasteiger partial charge in [-0.05, 0) is 54.3 Å². The van der Waals surface area contributed by atoms with Crippen LogP contribution in [0.25, 0.3) is 0 Å². The fraction of sp³-hybridized carbons (Fsp3) is 0.321. The van der Waals surface area contributed by atoms with Gasteiger partial charge in [-0.3, -0.25) is 9.78 Å². The average molecular weight is 524 g/mol. The van der Waals surface area contributed by atoms with E-state index in [2.05, 4.69) is 9.72 Å². The number of halogens is 3. The van der Waals surface area contributed by atoms with Gasteiger partial charge in [0.1, 0.15) is 18.1 Å². The molecule has 0 radical (unpaired) electrons. The third-order valence-electron chi connectivity index (χ3n) is 7.47. The molecule has 196 valence electrons. The number of hydrogen-bond donors (Lipinski definition) is 0. The van der Waals surface area contributed by atoms with E-state index in [9.17, 15) is 22.8 Å². The van der Waals surface area contributed by atoms with Crippen molar-refractivity contribution in [2.24, 2.45) is 0 Å². The van der Waals surface area contributed by atoms with Crippen LogP contribution in [0.2, 0.25) is 0 Å². The number of likely N-dealkylation sites (tertiary alicyclic amines) is 1. The summed E-state index contributed by atoms with van der Waals surface area (Å²) in [5.41, 5.74) is 1.44. The van der Waals surface area contributed by atoms with Gasteiger partial charge in [0, 0.05) is 30.9 Å². The number of carbonyl (C=O) groups is 2. The first kappa shape index (κ1) is 24.3. The minimum absolute atomic E-state index is 0.0303. The van der Waals surface area contributed by atoms with Crippen molar-refractivity contribution < 1.29 is 37.0 Å². The van der Waals surface area contributed by atoms with Crippen LogP contribution in [0.1, 0.15) is 46.3 Å². The first-order valence-corrected chi connectivity index (χ1v) is 12.2. The lowest BCUT2D eigenvalue weighted by molar-refractivity contribution is -0.274. The van der Waals surface area contributed by atoms with Crippen molar-refractivity contribution >= 4 is 11.9 Å². The molecule has 1 aliphatic carbocycles. The Morgan fingerprint density at radius 1 is 1.00 bits per heavy atom. The Kier molecular flexibility index (Phi) is 5.59. The Bertz CT molecular complexity index is 1390. The zero-order valence-corrected chi connectivity index (χ0v) is 20.2. The molecular weight excluding hydrogens is 501 g/mol. The molecule has 0 unspecified atom stereocenters. The van der Waals surface area contributed by atoms with E-state index in [4.69, 9.17) is 9.47 Å². The summed E-state index contributed by atoms with van der Waals surface area (Å²) in [5, 5.41) is 0. The van der Waals surface area contributed by atoms with Gasteiger partial charge in [-0.2, -0.15) is 0 Å². The second-order valence-electron chi connectivity index (χ2n) is 9.87. The normalized spacial score (nSPS) is 21.2. The van der Waals surface area contributed by atoms with E-state index in [0.717, 1.165) is 24.0 Å². The molecule has 2 fully saturated rings. The summed E-state index contributed by atoms with van der Waals surface area (Å²) < 4.78 is 52.4. The topological polar surface area (TPSA) is 78.0 Å². The van der Waals surface area contributed by atoms with Crippen molar-refractivity contribution in [3.05, 3.63) is 89.2 Å². The number of benzene rings is 2. The Balaban J connectivity index is 1.09. The number of hydrogen-bond acceptors (Lipinski definition) is 6. The Morgan fingerprint density at radius 3 is 2.39 bits per heavy atom. The van der Waals surface area contributed by atoms with Crippen LogP contribution in [-0.2, 0) is 27.2 Å². The molecule has 1 amide bonds. The molecule has 1 saturated heterocycles. The second-order valence-corrected chi connectivity index (χ2v) is 9.87. The molecule has 10 heteroatoms. The summed E-state index contributed by atoms with van der Waals surface area (Å²) in [5.74, 6) is -0.0791. The van der Waals surface area contributed by atoms with Crippen LogP contribution in [0.5, 0.6) is 11.5 Å². The third-order valence-corrected chi connectivity index (χ3v) is 7.47. The lowest BCUT2D eigenvalue weighted by Gasteiger charge is -2.27. The van der Waals surface area contributed by atoms with E-state index < -0.39 is 23.3 Å². The highest BCUT2D eigenvalue weighted by Crippen LogP contribution is 2.52. The van der Waals surface area contributed by atoms with E-state index in [1.54, 1.807) is 29.3 Å². The summed E-state index contributed by atoms with van der Waals surface area (Å²) >= 11 is 0. The average Bonchev–Trinajstić information content (AvgIpc) is 3.53. The fourth-order valence-electron chi connectivity index (χ4n) is 5.38. The van der Waals surface area contributed by atoms with Gasteiger partial charge in [0.05, 0.1) is 17.5 Å². The van der Waals surface area contributed by atoms with Crippen molar-refractivity contribution in [1.82, 2.24) is 9.88 Å². The van der Waals surface area contributed by atoms with Gasteiger partial charge in [-0.15, -0.1) is 13.2 Å². The van der Waals surface area contributed by atoms with Gasteiger partial charge in [0.15, 0.2) is 5.60 Å². The van der Waals surface area contributed by atoms with Crippen LogP contribution < -0.4 is 9.47 Å². The zero-order valence-electron chi connectivity index (χ0n) is 20.2. The van der Waals surface area contributed by atoms with Crippen LogP contribution >= 0.6 is 0 Å². The number of nitrogens with zero attached hydrogens (tertiary/aromatic N) is 2. The number of carbonyl (C=O) groups excluding carboxylic acids is 2. The molecular formula is C28H23F3N2O5. The van der Waals surface area contributed by atoms with Crippen LogP contribution in [-0.4, -0.2) is 41.2 Å². The second kappa shape index (κ2) is 8.75. The van der Waals surface area contributed by atoms with Gasteiger partial charge in [-0.25, -0.2) is 4.79 Å². The predicted octanol–water partition coefficient (Wildman–Crippen LogP) is 4.89. The highest BCUT2D eigenvalue weighted by atomic mass is 19.4. The van der Waals surface area contributed by atoms with Crippen molar-refractivity contribution in [2.75, 3.05) is 13.1 Å². The first-order valence-electron chi connectivity index (χ1n) is 12.2. The summed E-state index contributed by atoms with van der Waals surface area (Å²) in [6.45, 7) is 0.995. The molecule has 1 saturated carbocycles. The Labute approximate surface area is 216 Å². The van der Waals surface area contributed by atoms with Crippen molar-refractivity contribution in [3.8, 4) is 11.5 Å². The molecule has 3 heterocycles. The number of pyridine rings is 1. The molecule has 1 aromatic heterocycles. The van der Waals surface area contributed by atoms with Crippen LogP contribution in [0.3, 0.4) is 0 Å². The van der Waals surface area contributed by atoms with Crippen molar-refractivity contribution in [2.45, 2.75) is 43.2 Å². The maximum Gasteiger partial charge on any atom is 0.573 e. The molecule has 7 nitrogen and oxygen atoms in total. The van der Waals surface area contributed by atoms with Gasteiger partial charge in [-0.1, -0.05) is 24.3 Å². The number of alkyl halides is 3. The molecule has 0 N–H and O–H groups in total. The maximum atomic E-state index is 13.6. The third kappa shape index (κ3) is 4.33. The molecule has 2 aromatic carbocycles. The lowest BCUT2D eigenvalue weighted by Crippen LogP contribution is -2.40. The van der Waals surface area contributed by atoms with Gasteiger partial charge in [0.2, 0.25) is 5.91 Å². The first-order chi connectivity index (χ1) is 18.2. The molecule has 3 aliphatic rings. The zero-order chi connectivity index (χ0) is 26.5. The number of aromatic nitrogens is 1. The molecule has 3 aromatic rings. The largest absolute Gasteiger partial charge is 0.573 e. The van der Waals surface area contributed by atoms with E-state index in [0.29, 0.717) is 36.4 Å². The minimum atomic E-state index is -4.73. The smallest absolute Gasteiger partial charge is 0.489 e. The van der Waals surface area contributed by atoms with Gasteiger partial charge >= 0.3 is 12.3 Å². The quantitative estimate of drug-likeness (QED) is 0.428. The SMILES string of the molecule is O=C1O[C@]2(CCN(C(=O)C3(c4ccc(OCc5ccc(OC(F)(F)F)cc5)cc4)CC3)C2)c2ccncc21. The predicted molar refractivity (Wildman–Crippen MR) is 127 cm³/mol. The lowest BCUT2D eigenvalue weighted by atomic mass is 9.92. The monoisotopic (exact) mass is 524 g/mol. The standard InChI is InChI=1S/C28H23F3N2O5/c29-28(30,31)37-21-5-1-18(2-6-21)16-36-20-7-3-19(4-8-20)26(10-11-26)25(35)33-14-12-27(17-33)23-9-13-32-15-22(23)24(34)38-27/h1-9,13,15H,10-12,14,16-17H2/t27-/m0/s1. The van der Waals surface area contributed by atoms with Crippen LogP contribution in [0.15, 0.2) is 67.0 Å². The van der Waals surface area contributed by atoms with Crippen LogP contribution in [0, 0.1) is 0 Å². The minimum Gasteiger partial charge on any atom is -0.489 e. The summed E-state index contributed by atoms with van der Waals surface area (Å²) in [6, 6.07) is 14.6. The van der Waals surface area contributed by atoms with Crippen molar-refractivity contribution in [3.63, 3.8) is 0 Å². The number of ether oxygens (including phenoxy) is 3. The summed E-state index contributed by atoms with van der Waals surface area (Å²) in [6.07, 6.45) is 0.442. The molecule has 6 rings (SSSR count). The molecule has 0 bridgehead atoms. The highest BCUT2D eigenvalue weighted by molar-refractivity contribution is 5.95. The van der Waals surface area contributed by atoms with Gasteiger partial charge < -0.3 is 19.1 Å². The number of esters is 1. The van der Waals surface area contributed by atoms with E-state index in [-0.39, 0.29) is 18.3 Å².